The van der Waals surface area contributed by atoms with Gasteiger partial charge < -0.3 is 15.0 Å². The topological polar surface area (TPSA) is 54.1 Å². The molecular formula is C24H26N2O2. The maximum Gasteiger partial charge on any atom is 0.220 e. The Bertz CT molecular complexity index is 1030. The normalized spacial score (nSPS) is 19.7. The van der Waals surface area contributed by atoms with E-state index in [1.54, 1.807) is 0 Å². The van der Waals surface area contributed by atoms with Crippen molar-refractivity contribution in [2.45, 2.75) is 57.1 Å². The largest absolute Gasteiger partial charge is 0.487 e. The first-order chi connectivity index (χ1) is 13.6. The lowest BCUT2D eigenvalue weighted by molar-refractivity contribution is -0.123. The van der Waals surface area contributed by atoms with Gasteiger partial charge in [0.1, 0.15) is 11.4 Å². The molecular weight excluding hydrogens is 348 g/mol. The Morgan fingerprint density at radius 1 is 1.25 bits per heavy atom. The molecule has 1 amide bonds. The van der Waals surface area contributed by atoms with Gasteiger partial charge in [0.15, 0.2) is 0 Å². The molecule has 2 N–H and O–H groups in total. The van der Waals surface area contributed by atoms with E-state index in [1.165, 1.54) is 22.9 Å². The van der Waals surface area contributed by atoms with E-state index in [0.717, 1.165) is 42.5 Å². The monoisotopic (exact) mass is 374 g/mol. The van der Waals surface area contributed by atoms with Gasteiger partial charge in [-0.15, -0.1) is 0 Å². The fraction of sp³-hybridized carbons (Fsp3) is 0.375. The van der Waals surface area contributed by atoms with Crippen molar-refractivity contribution < 1.29 is 9.53 Å². The van der Waals surface area contributed by atoms with E-state index < -0.39 is 0 Å². The van der Waals surface area contributed by atoms with Crippen LogP contribution in [0.15, 0.2) is 48.7 Å². The number of para-hydroxylation sites is 1. The predicted octanol–water partition coefficient (Wildman–Crippen LogP) is 4.97. The first-order valence-electron chi connectivity index (χ1n) is 10.3. The third-order valence-electron chi connectivity index (χ3n) is 6.34. The van der Waals surface area contributed by atoms with Crippen LogP contribution >= 0.6 is 0 Å². The van der Waals surface area contributed by atoms with Gasteiger partial charge in [-0.2, -0.15) is 0 Å². The number of rotatable bonds is 4. The SMILES string of the molecule is Cc1ccc2c(c1)C(NC(=O)CCc1c[nH]c3ccccc13)CC1(CCC1)O2. The molecule has 0 saturated heterocycles. The molecule has 4 heteroatoms. The van der Waals surface area contributed by atoms with E-state index in [1.807, 2.05) is 18.3 Å². The molecule has 1 spiro atoms. The zero-order chi connectivity index (χ0) is 19.1. The molecule has 1 fully saturated rings. The molecule has 2 heterocycles. The number of aromatic nitrogens is 1. The summed E-state index contributed by atoms with van der Waals surface area (Å²) in [6, 6.07) is 14.6. The number of carbonyl (C=O) groups excluding carboxylic acids is 1. The van der Waals surface area contributed by atoms with Gasteiger partial charge in [-0.1, -0.05) is 35.9 Å². The maximum atomic E-state index is 12.8. The van der Waals surface area contributed by atoms with E-state index >= 15 is 0 Å². The summed E-state index contributed by atoms with van der Waals surface area (Å²) in [6.45, 7) is 2.09. The highest BCUT2D eigenvalue weighted by Crippen LogP contribution is 2.49. The second kappa shape index (κ2) is 6.69. The van der Waals surface area contributed by atoms with Crippen LogP contribution in [-0.2, 0) is 11.2 Å². The van der Waals surface area contributed by atoms with Crippen LogP contribution in [0.5, 0.6) is 5.75 Å². The van der Waals surface area contributed by atoms with Gasteiger partial charge in [0.25, 0.3) is 0 Å². The van der Waals surface area contributed by atoms with Crippen LogP contribution in [0.3, 0.4) is 0 Å². The Labute approximate surface area is 165 Å². The molecule has 1 aliphatic carbocycles. The summed E-state index contributed by atoms with van der Waals surface area (Å²) in [4.78, 5) is 16.1. The molecule has 1 aromatic heterocycles. The summed E-state index contributed by atoms with van der Waals surface area (Å²) in [7, 11) is 0. The average Bonchev–Trinajstić information content (AvgIpc) is 3.08. The van der Waals surface area contributed by atoms with Crippen molar-refractivity contribution in [3.05, 3.63) is 65.4 Å². The smallest absolute Gasteiger partial charge is 0.220 e. The third-order valence-corrected chi connectivity index (χ3v) is 6.34. The van der Waals surface area contributed by atoms with Gasteiger partial charge >= 0.3 is 0 Å². The zero-order valence-corrected chi connectivity index (χ0v) is 16.3. The Balaban J connectivity index is 1.31. The number of hydrogen-bond donors (Lipinski definition) is 2. The molecule has 2 aromatic carbocycles. The number of carbonyl (C=O) groups is 1. The van der Waals surface area contributed by atoms with Crippen molar-refractivity contribution in [1.29, 1.82) is 0 Å². The number of fused-ring (bicyclic) bond motifs is 2. The minimum atomic E-state index is -0.0724. The molecule has 1 unspecified atom stereocenters. The van der Waals surface area contributed by atoms with Crippen LogP contribution in [0.2, 0.25) is 0 Å². The van der Waals surface area contributed by atoms with E-state index in [9.17, 15) is 4.79 Å². The fourth-order valence-corrected chi connectivity index (χ4v) is 4.65. The molecule has 144 valence electrons. The second-order valence-corrected chi connectivity index (χ2v) is 8.36. The van der Waals surface area contributed by atoms with E-state index in [0.29, 0.717) is 6.42 Å². The Kier molecular flexibility index (Phi) is 4.15. The van der Waals surface area contributed by atoms with Gasteiger partial charge in [-0.05, 0) is 50.3 Å². The van der Waals surface area contributed by atoms with Crippen molar-refractivity contribution in [2.24, 2.45) is 0 Å². The molecule has 3 aromatic rings. The lowest BCUT2D eigenvalue weighted by Crippen LogP contribution is -2.49. The van der Waals surface area contributed by atoms with Crippen molar-refractivity contribution in [2.75, 3.05) is 0 Å². The molecule has 1 atom stereocenters. The molecule has 28 heavy (non-hydrogen) atoms. The summed E-state index contributed by atoms with van der Waals surface area (Å²) in [5.74, 6) is 1.05. The van der Waals surface area contributed by atoms with E-state index in [2.05, 4.69) is 47.6 Å². The number of ether oxygens (including phenoxy) is 1. The average molecular weight is 374 g/mol. The molecule has 4 nitrogen and oxygen atoms in total. The third kappa shape index (κ3) is 3.07. The Hall–Kier alpha value is -2.75. The quantitative estimate of drug-likeness (QED) is 0.677. The number of benzene rings is 2. The highest BCUT2D eigenvalue weighted by Gasteiger charge is 2.45. The molecule has 1 aliphatic heterocycles. The predicted molar refractivity (Wildman–Crippen MR) is 111 cm³/mol. The first-order valence-corrected chi connectivity index (χ1v) is 10.3. The summed E-state index contributed by atoms with van der Waals surface area (Å²) in [6.07, 6.45) is 7.52. The van der Waals surface area contributed by atoms with Crippen molar-refractivity contribution in [3.8, 4) is 5.75 Å². The summed E-state index contributed by atoms with van der Waals surface area (Å²) in [5, 5.41) is 4.51. The van der Waals surface area contributed by atoms with Gasteiger partial charge in [-0.25, -0.2) is 0 Å². The lowest BCUT2D eigenvalue weighted by Gasteiger charge is -2.48. The van der Waals surface area contributed by atoms with Gasteiger partial charge in [-0.3, -0.25) is 4.79 Å². The number of aromatic amines is 1. The maximum absolute atomic E-state index is 12.8. The highest BCUT2D eigenvalue weighted by molar-refractivity contribution is 5.84. The number of amides is 1. The molecule has 0 bridgehead atoms. The molecule has 0 radical (unpaired) electrons. The van der Waals surface area contributed by atoms with Crippen LogP contribution in [0, 0.1) is 6.92 Å². The van der Waals surface area contributed by atoms with Crippen LogP contribution in [0.4, 0.5) is 0 Å². The van der Waals surface area contributed by atoms with Gasteiger partial charge in [0, 0.05) is 35.5 Å². The molecule has 2 aliphatic rings. The van der Waals surface area contributed by atoms with Crippen molar-refractivity contribution in [3.63, 3.8) is 0 Å². The van der Waals surface area contributed by atoms with E-state index in [-0.39, 0.29) is 17.6 Å². The second-order valence-electron chi connectivity index (χ2n) is 8.36. The number of H-pyrrole nitrogens is 1. The van der Waals surface area contributed by atoms with Crippen molar-refractivity contribution >= 4 is 16.8 Å². The highest BCUT2D eigenvalue weighted by atomic mass is 16.5. The zero-order valence-electron chi connectivity index (χ0n) is 16.3. The van der Waals surface area contributed by atoms with Crippen molar-refractivity contribution in [1.82, 2.24) is 10.3 Å². The molecule has 5 rings (SSSR count). The standard InChI is InChI=1S/C24H26N2O2/c1-16-7-9-22-19(13-16)21(14-24(28-22)11-4-12-24)26-23(27)10-8-17-15-25-20-6-3-2-5-18(17)20/h2-3,5-7,9,13,15,21,25H,4,8,10-12,14H2,1H3,(H,26,27). The van der Waals surface area contributed by atoms with Gasteiger partial charge in [0.05, 0.1) is 6.04 Å². The molecule has 1 saturated carbocycles. The Morgan fingerprint density at radius 2 is 2.11 bits per heavy atom. The van der Waals surface area contributed by atoms with Crippen LogP contribution in [0.1, 0.15) is 54.8 Å². The van der Waals surface area contributed by atoms with E-state index in [4.69, 9.17) is 4.74 Å². The number of nitrogens with one attached hydrogen (secondary N) is 2. The first kappa shape index (κ1) is 17.4. The Morgan fingerprint density at radius 3 is 2.93 bits per heavy atom. The lowest BCUT2D eigenvalue weighted by atomic mass is 9.73. The minimum Gasteiger partial charge on any atom is -0.487 e. The summed E-state index contributed by atoms with van der Waals surface area (Å²) >= 11 is 0. The fourth-order valence-electron chi connectivity index (χ4n) is 4.65. The minimum absolute atomic E-state index is 0.0411. The van der Waals surface area contributed by atoms with Crippen LogP contribution < -0.4 is 10.1 Å². The van der Waals surface area contributed by atoms with Gasteiger partial charge in [0.2, 0.25) is 5.91 Å². The summed E-state index contributed by atoms with van der Waals surface area (Å²) in [5.41, 5.74) is 4.57. The van der Waals surface area contributed by atoms with Crippen LogP contribution in [0.25, 0.3) is 10.9 Å². The van der Waals surface area contributed by atoms with Crippen LogP contribution in [-0.4, -0.2) is 16.5 Å². The summed E-state index contributed by atoms with van der Waals surface area (Å²) < 4.78 is 6.33. The number of aryl methyl sites for hydroxylation is 2. The number of hydrogen-bond acceptors (Lipinski definition) is 2.